The van der Waals surface area contributed by atoms with Gasteiger partial charge in [0.25, 0.3) is 11.6 Å². The fourth-order valence-electron chi connectivity index (χ4n) is 3.38. The lowest BCUT2D eigenvalue weighted by Crippen LogP contribution is -2.12. The number of non-ortho nitro benzene ring substituents is 1. The third kappa shape index (κ3) is 5.30. The molecule has 0 radical (unpaired) electrons. The van der Waals surface area contributed by atoms with Crippen LogP contribution in [0.1, 0.15) is 40.4 Å². The van der Waals surface area contributed by atoms with Gasteiger partial charge in [0.1, 0.15) is 0 Å². The summed E-state index contributed by atoms with van der Waals surface area (Å²) in [5, 5.41) is 18.7. The summed E-state index contributed by atoms with van der Waals surface area (Å²) < 4.78 is 11.2. The van der Waals surface area contributed by atoms with Crippen molar-refractivity contribution in [1.29, 1.82) is 0 Å². The van der Waals surface area contributed by atoms with E-state index in [1.165, 1.54) is 29.8 Å². The third-order valence-electron chi connectivity index (χ3n) is 5.16. The Balaban J connectivity index is 1.43. The zero-order valence-electron chi connectivity index (χ0n) is 17.9. The molecule has 1 heterocycles. The van der Waals surface area contributed by atoms with E-state index in [9.17, 15) is 14.9 Å². The summed E-state index contributed by atoms with van der Waals surface area (Å²) in [4.78, 5) is 23.2. The van der Waals surface area contributed by atoms with Crippen molar-refractivity contribution in [1.82, 2.24) is 10.2 Å². The highest BCUT2D eigenvalue weighted by Gasteiger charge is 2.21. The summed E-state index contributed by atoms with van der Waals surface area (Å²) in [6, 6.07) is 23.2. The molecule has 3 aromatic carbocycles. The molecule has 33 heavy (non-hydrogen) atoms. The number of aromatic nitrogens is 2. The van der Waals surface area contributed by atoms with Crippen molar-refractivity contribution in [2.75, 3.05) is 0 Å². The van der Waals surface area contributed by atoms with Crippen LogP contribution in [0.4, 0.5) is 5.69 Å². The fraction of sp³-hybridized carbons (Fsp3) is 0.160. The molecule has 0 bridgehead atoms. The van der Waals surface area contributed by atoms with Gasteiger partial charge in [0.05, 0.1) is 10.5 Å². The molecular weight excluding hydrogens is 422 g/mol. The number of aryl methyl sites for hydroxylation is 2. The van der Waals surface area contributed by atoms with Crippen LogP contribution in [0.2, 0.25) is 0 Å². The molecule has 0 amide bonds. The minimum Gasteiger partial charge on any atom is -0.449 e. The average Bonchev–Trinajstić information content (AvgIpc) is 3.34. The lowest BCUT2D eigenvalue weighted by atomic mass is 10.00. The van der Waals surface area contributed by atoms with Gasteiger partial charge in [-0.25, -0.2) is 4.79 Å². The van der Waals surface area contributed by atoms with Crippen molar-refractivity contribution >= 4 is 11.7 Å². The van der Waals surface area contributed by atoms with E-state index in [2.05, 4.69) is 22.3 Å². The van der Waals surface area contributed by atoms with Crippen molar-refractivity contribution < 1.29 is 18.9 Å². The van der Waals surface area contributed by atoms with Crippen molar-refractivity contribution in [2.45, 2.75) is 25.9 Å². The first-order chi connectivity index (χ1) is 16.0. The second-order valence-corrected chi connectivity index (χ2v) is 7.44. The highest BCUT2D eigenvalue weighted by Crippen LogP contribution is 2.25. The predicted molar refractivity (Wildman–Crippen MR) is 121 cm³/mol. The zero-order valence-corrected chi connectivity index (χ0v) is 17.9. The maximum atomic E-state index is 12.9. The third-order valence-corrected chi connectivity index (χ3v) is 5.16. The molecule has 1 atom stereocenters. The molecule has 0 saturated heterocycles. The summed E-state index contributed by atoms with van der Waals surface area (Å²) in [5.41, 5.74) is 3.08. The second-order valence-electron chi connectivity index (χ2n) is 7.44. The van der Waals surface area contributed by atoms with E-state index in [-0.39, 0.29) is 17.5 Å². The molecular formula is C25H21N3O5. The van der Waals surface area contributed by atoms with Gasteiger partial charge in [-0.15, -0.1) is 10.2 Å². The van der Waals surface area contributed by atoms with Crippen molar-refractivity contribution in [2.24, 2.45) is 0 Å². The van der Waals surface area contributed by atoms with Gasteiger partial charge in [-0.2, -0.15) is 0 Å². The number of nitrogens with zero attached hydrogens (tertiary/aromatic N) is 3. The van der Waals surface area contributed by atoms with Crippen LogP contribution in [0.5, 0.6) is 0 Å². The Bertz CT molecular complexity index is 1250. The minimum absolute atomic E-state index is 0.0354. The van der Waals surface area contributed by atoms with Crippen LogP contribution in [0, 0.1) is 10.1 Å². The number of esters is 1. The van der Waals surface area contributed by atoms with E-state index < -0.39 is 17.0 Å². The van der Waals surface area contributed by atoms with Crippen LogP contribution >= 0.6 is 0 Å². The molecule has 0 saturated carbocycles. The van der Waals surface area contributed by atoms with Gasteiger partial charge >= 0.3 is 5.97 Å². The molecule has 0 aliphatic heterocycles. The smallest absolute Gasteiger partial charge is 0.339 e. The molecule has 166 valence electrons. The zero-order chi connectivity index (χ0) is 23.2. The number of carbonyl (C=O) groups is 1. The molecule has 1 aromatic heterocycles. The summed E-state index contributed by atoms with van der Waals surface area (Å²) in [5.74, 6) is -0.147. The van der Waals surface area contributed by atoms with Crippen molar-refractivity contribution in [3.63, 3.8) is 0 Å². The first kappa shape index (κ1) is 21.9. The Morgan fingerprint density at radius 3 is 2.39 bits per heavy atom. The number of hydrogen-bond acceptors (Lipinski definition) is 7. The van der Waals surface area contributed by atoms with E-state index in [4.69, 9.17) is 9.15 Å². The van der Waals surface area contributed by atoms with E-state index in [1.54, 1.807) is 19.1 Å². The molecule has 0 aliphatic carbocycles. The highest BCUT2D eigenvalue weighted by atomic mass is 16.6. The van der Waals surface area contributed by atoms with Crippen LogP contribution in [-0.4, -0.2) is 21.1 Å². The van der Waals surface area contributed by atoms with Crippen LogP contribution in [0.15, 0.2) is 83.3 Å². The maximum absolute atomic E-state index is 12.9. The molecule has 4 aromatic rings. The minimum atomic E-state index is -0.765. The lowest BCUT2D eigenvalue weighted by molar-refractivity contribution is -0.384. The first-order valence-corrected chi connectivity index (χ1v) is 10.4. The van der Waals surface area contributed by atoms with Gasteiger partial charge < -0.3 is 9.15 Å². The van der Waals surface area contributed by atoms with Gasteiger partial charge in [-0.05, 0) is 49.1 Å². The van der Waals surface area contributed by atoms with Gasteiger partial charge in [0, 0.05) is 17.7 Å². The van der Waals surface area contributed by atoms with E-state index >= 15 is 0 Å². The van der Waals surface area contributed by atoms with Crippen molar-refractivity contribution in [3.05, 3.63) is 112 Å². The Hall–Kier alpha value is -4.33. The maximum Gasteiger partial charge on any atom is 0.339 e. The highest BCUT2D eigenvalue weighted by molar-refractivity contribution is 5.91. The SMILES string of the molecule is CC(OC(=O)c1ccccc1CCc1ccccc1)c1nnc(-c2ccc([N+](=O)[O-])cc2)o1. The van der Waals surface area contributed by atoms with E-state index in [0.29, 0.717) is 17.5 Å². The predicted octanol–water partition coefficient (Wildman–Crippen LogP) is 5.35. The normalized spacial score (nSPS) is 11.7. The number of ether oxygens (including phenoxy) is 1. The Kier molecular flexibility index (Phi) is 6.54. The van der Waals surface area contributed by atoms with Crippen LogP contribution < -0.4 is 0 Å². The summed E-state index contributed by atoms with van der Waals surface area (Å²) >= 11 is 0. The fourth-order valence-corrected chi connectivity index (χ4v) is 3.38. The molecule has 8 heteroatoms. The van der Waals surface area contributed by atoms with E-state index in [0.717, 1.165) is 12.0 Å². The second kappa shape index (κ2) is 9.86. The number of carbonyl (C=O) groups excluding carboxylic acids is 1. The molecule has 8 nitrogen and oxygen atoms in total. The molecule has 0 aliphatic rings. The Labute approximate surface area is 190 Å². The largest absolute Gasteiger partial charge is 0.449 e. The van der Waals surface area contributed by atoms with Crippen LogP contribution in [0.25, 0.3) is 11.5 Å². The summed E-state index contributed by atoms with van der Waals surface area (Å²) in [7, 11) is 0. The molecule has 4 rings (SSSR count). The Morgan fingerprint density at radius 2 is 1.67 bits per heavy atom. The number of nitro groups is 1. The monoisotopic (exact) mass is 443 g/mol. The lowest BCUT2D eigenvalue weighted by Gasteiger charge is -2.12. The van der Waals surface area contributed by atoms with Crippen molar-refractivity contribution in [3.8, 4) is 11.5 Å². The quantitative estimate of drug-likeness (QED) is 0.205. The van der Waals surface area contributed by atoms with Gasteiger partial charge in [0.2, 0.25) is 5.89 Å². The van der Waals surface area contributed by atoms with E-state index in [1.807, 2.05) is 30.3 Å². The number of hydrogen-bond donors (Lipinski definition) is 0. The molecule has 1 unspecified atom stereocenters. The molecule has 0 fully saturated rings. The number of benzene rings is 3. The topological polar surface area (TPSA) is 108 Å². The first-order valence-electron chi connectivity index (χ1n) is 10.4. The number of nitro benzene ring substituents is 1. The van der Waals surface area contributed by atoms with Crippen LogP contribution in [0.3, 0.4) is 0 Å². The standard InChI is InChI=1S/C25H21N3O5/c1-17(23-26-27-24(33-23)20-13-15-21(16-14-20)28(30)31)32-25(29)22-10-6-5-9-19(22)12-11-18-7-3-2-4-8-18/h2-10,13-17H,11-12H2,1H3. The van der Waals surface area contributed by atoms with Gasteiger partial charge in [0.15, 0.2) is 6.10 Å². The molecule has 0 spiro atoms. The van der Waals surface area contributed by atoms with Gasteiger partial charge in [-0.1, -0.05) is 48.5 Å². The Morgan fingerprint density at radius 1 is 0.970 bits per heavy atom. The summed E-state index contributed by atoms with van der Waals surface area (Å²) in [6.45, 7) is 1.65. The van der Waals surface area contributed by atoms with Gasteiger partial charge in [-0.3, -0.25) is 10.1 Å². The summed E-state index contributed by atoms with van der Waals surface area (Å²) in [6.07, 6.45) is 0.747. The average molecular weight is 443 g/mol. The molecule has 0 N–H and O–H groups in total. The van der Waals surface area contributed by atoms with Crippen LogP contribution in [-0.2, 0) is 17.6 Å². The number of rotatable bonds is 8.